The summed E-state index contributed by atoms with van der Waals surface area (Å²) in [6.07, 6.45) is 11.8. The van der Waals surface area contributed by atoms with Crippen molar-refractivity contribution in [2.24, 2.45) is 0 Å². The third-order valence-electron chi connectivity index (χ3n) is 7.04. The van der Waals surface area contributed by atoms with E-state index in [1.54, 1.807) is 6.08 Å². The van der Waals surface area contributed by atoms with E-state index >= 15 is 0 Å². The van der Waals surface area contributed by atoms with Crippen LogP contribution in [0.2, 0.25) is 0 Å². The number of benzene rings is 4. The fourth-order valence-corrected chi connectivity index (χ4v) is 5.32. The van der Waals surface area contributed by atoms with E-state index in [1.807, 2.05) is 49.7 Å². The number of allylic oxidation sites excluding steroid dienone is 5. The van der Waals surface area contributed by atoms with Crippen molar-refractivity contribution in [2.75, 3.05) is 0 Å². The predicted molar refractivity (Wildman–Crippen MR) is 166 cm³/mol. The molecule has 2 aromatic heterocycles. The predicted octanol–water partition coefficient (Wildman–Crippen LogP) is 9.93. The topological polar surface area (TPSA) is 25.8 Å². The van der Waals surface area contributed by atoms with Crippen molar-refractivity contribution in [1.29, 1.82) is 0 Å². The molecule has 0 unspecified atom stereocenters. The smallest absolute Gasteiger partial charge is 0.0702 e. The minimum Gasteiger partial charge on any atom is -0.256 e. The summed E-state index contributed by atoms with van der Waals surface area (Å²) in [5, 5.41) is 4.79. The fraction of sp³-hybridized carbons (Fsp3) is 0.0270. The van der Waals surface area contributed by atoms with Crippen LogP contribution >= 0.6 is 0 Å². The van der Waals surface area contributed by atoms with Crippen LogP contribution in [-0.4, -0.2) is 9.97 Å². The normalized spacial score (nSPS) is 11.9. The van der Waals surface area contributed by atoms with Crippen LogP contribution < -0.4 is 0 Å². The summed E-state index contributed by atoms with van der Waals surface area (Å²) >= 11 is 0. The molecule has 0 spiro atoms. The van der Waals surface area contributed by atoms with Gasteiger partial charge in [0, 0.05) is 29.1 Å². The number of nitrogens with zero attached hydrogens (tertiary/aromatic N) is 2. The number of fused-ring (bicyclic) bond motifs is 2. The number of pyridine rings is 2. The molecule has 4 aromatic carbocycles. The van der Waals surface area contributed by atoms with E-state index in [1.165, 1.54) is 32.7 Å². The Balaban J connectivity index is 1.55. The summed E-state index contributed by atoms with van der Waals surface area (Å²) in [7, 11) is 0. The van der Waals surface area contributed by atoms with E-state index in [4.69, 9.17) is 9.97 Å². The first kappa shape index (κ1) is 24.3. The van der Waals surface area contributed by atoms with Crippen LogP contribution in [0.5, 0.6) is 0 Å². The van der Waals surface area contributed by atoms with Crippen molar-refractivity contribution >= 4 is 27.1 Å². The lowest BCUT2D eigenvalue weighted by Crippen LogP contribution is -1.93. The monoisotopic (exact) mass is 500 g/mol. The van der Waals surface area contributed by atoms with Crippen molar-refractivity contribution in [3.05, 3.63) is 152 Å². The van der Waals surface area contributed by atoms with E-state index in [-0.39, 0.29) is 0 Å². The van der Waals surface area contributed by atoms with Gasteiger partial charge in [0.15, 0.2) is 0 Å². The second kappa shape index (κ2) is 10.7. The Hall–Kier alpha value is -5.08. The van der Waals surface area contributed by atoms with Crippen molar-refractivity contribution in [2.45, 2.75) is 6.92 Å². The van der Waals surface area contributed by atoms with E-state index in [0.717, 1.165) is 33.7 Å². The largest absolute Gasteiger partial charge is 0.256 e. The van der Waals surface area contributed by atoms with Gasteiger partial charge in [0.05, 0.1) is 11.4 Å². The maximum Gasteiger partial charge on any atom is 0.0702 e. The van der Waals surface area contributed by atoms with Gasteiger partial charge >= 0.3 is 0 Å². The molecular weight excluding hydrogens is 472 g/mol. The molecule has 0 radical (unpaired) electrons. The average molecular weight is 501 g/mol. The standard InChI is InChI=1S/C37H28N2/c1-3-12-26(13-4-2)34-22-20-28(24-38-34)36-30-16-8-10-18-32(30)37(33-19-11-9-17-31(33)36)29-21-23-35(39-25-29)27-14-6-5-7-15-27/h3-25H,1H2,2H3. The number of hydrogen-bond donors (Lipinski definition) is 0. The number of hydrogen-bond acceptors (Lipinski definition) is 2. The lowest BCUT2D eigenvalue weighted by atomic mass is 9.86. The quantitative estimate of drug-likeness (QED) is 0.168. The summed E-state index contributed by atoms with van der Waals surface area (Å²) in [6, 6.07) is 36.2. The highest BCUT2D eigenvalue weighted by Gasteiger charge is 2.17. The summed E-state index contributed by atoms with van der Waals surface area (Å²) in [5.74, 6) is 0. The molecule has 0 saturated carbocycles. The van der Waals surface area contributed by atoms with E-state index in [9.17, 15) is 0 Å². The van der Waals surface area contributed by atoms with Crippen LogP contribution in [0.4, 0.5) is 0 Å². The summed E-state index contributed by atoms with van der Waals surface area (Å²) < 4.78 is 0. The molecule has 0 atom stereocenters. The van der Waals surface area contributed by atoms with Gasteiger partial charge in [-0.25, -0.2) is 0 Å². The van der Waals surface area contributed by atoms with Gasteiger partial charge in [0.1, 0.15) is 0 Å². The Morgan fingerprint density at radius 2 is 1.13 bits per heavy atom. The van der Waals surface area contributed by atoms with Crippen molar-refractivity contribution in [1.82, 2.24) is 9.97 Å². The SMILES string of the molecule is C=CC=C(C=CC)c1ccc(-c2c3ccccc3c(-c3ccc(-c4ccccc4)nc3)c3ccccc23)cn1. The molecule has 0 fully saturated rings. The van der Waals surface area contributed by atoms with Gasteiger partial charge < -0.3 is 0 Å². The first-order valence-corrected chi connectivity index (χ1v) is 13.2. The van der Waals surface area contributed by atoms with Gasteiger partial charge in [-0.05, 0) is 57.3 Å². The van der Waals surface area contributed by atoms with Gasteiger partial charge in [-0.2, -0.15) is 0 Å². The van der Waals surface area contributed by atoms with Crippen molar-refractivity contribution < 1.29 is 0 Å². The molecule has 0 aliphatic heterocycles. The second-order valence-electron chi connectivity index (χ2n) is 9.43. The molecule has 0 amide bonds. The number of rotatable bonds is 6. The third-order valence-corrected chi connectivity index (χ3v) is 7.04. The molecule has 0 N–H and O–H groups in total. The Bertz CT molecular complexity index is 1790. The minimum atomic E-state index is 0.923. The molecule has 0 saturated heterocycles. The van der Waals surface area contributed by atoms with E-state index < -0.39 is 0 Å². The van der Waals surface area contributed by atoms with Crippen LogP contribution in [0.25, 0.3) is 60.6 Å². The first-order valence-electron chi connectivity index (χ1n) is 13.2. The summed E-state index contributed by atoms with van der Waals surface area (Å²) in [5.41, 5.74) is 8.64. The van der Waals surface area contributed by atoms with Crippen molar-refractivity contribution in [3.8, 4) is 33.5 Å². The van der Waals surface area contributed by atoms with Gasteiger partial charge in [0.25, 0.3) is 0 Å². The summed E-state index contributed by atoms with van der Waals surface area (Å²) in [4.78, 5) is 9.70. The van der Waals surface area contributed by atoms with Gasteiger partial charge in [-0.3, -0.25) is 9.97 Å². The Morgan fingerprint density at radius 1 is 0.590 bits per heavy atom. The van der Waals surface area contributed by atoms with Gasteiger partial charge in [-0.1, -0.05) is 122 Å². The zero-order valence-corrected chi connectivity index (χ0v) is 21.9. The lowest BCUT2D eigenvalue weighted by molar-refractivity contribution is 1.28. The highest BCUT2D eigenvalue weighted by atomic mass is 14.7. The Labute approximate surface area is 229 Å². The van der Waals surface area contributed by atoms with Crippen molar-refractivity contribution in [3.63, 3.8) is 0 Å². The van der Waals surface area contributed by atoms with Crippen LogP contribution in [0.15, 0.2) is 146 Å². The van der Waals surface area contributed by atoms with Gasteiger partial charge in [-0.15, -0.1) is 0 Å². The summed E-state index contributed by atoms with van der Waals surface area (Å²) in [6.45, 7) is 5.86. The average Bonchev–Trinajstić information content (AvgIpc) is 3.00. The maximum absolute atomic E-state index is 4.85. The van der Waals surface area contributed by atoms with Crippen LogP contribution in [0.3, 0.4) is 0 Å². The second-order valence-corrected chi connectivity index (χ2v) is 9.43. The molecule has 39 heavy (non-hydrogen) atoms. The molecular formula is C37H28N2. The number of aromatic nitrogens is 2. The maximum atomic E-state index is 4.85. The zero-order valence-electron chi connectivity index (χ0n) is 21.9. The minimum absolute atomic E-state index is 0.923. The highest BCUT2D eigenvalue weighted by Crippen LogP contribution is 2.43. The molecule has 0 aliphatic rings. The lowest BCUT2D eigenvalue weighted by Gasteiger charge is -2.17. The Kier molecular flexibility index (Phi) is 6.67. The zero-order chi connectivity index (χ0) is 26.6. The Morgan fingerprint density at radius 3 is 1.59 bits per heavy atom. The molecule has 6 rings (SSSR count). The van der Waals surface area contributed by atoms with Crippen LogP contribution in [0.1, 0.15) is 12.6 Å². The van der Waals surface area contributed by atoms with Crippen LogP contribution in [0, 0.1) is 0 Å². The van der Waals surface area contributed by atoms with Gasteiger partial charge in [0.2, 0.25) is 0 Å². The molecule has 186 valence electrons. The molecule has 6 aromatic rings. The molecule has 2 heterocycles. The van der Waals surface area contributed by atoms with E-state index in [2.05, 4.69) is 97.6 Å². The molecule has 0 bridgehead atoms. The van der Waals surface area contributed by atoms with E-state index in [0.29, 0.717) is 0 Å². The van der Waals surface area contributed by atoms with Crippen LogP contribution in [-0.2, 0) is 0 Å². The third kappa shape index (κ3) is 4.58. The molecule has 0 aliphatic carbocycles. The molecule has 2 heteroatoms. The first-order chi connectivity index (χ1) is 19.3. The fourth-order valence-electron chi connectivity index (χ4n) is 5.32. The highest BCUT2D eigenvalue weighted by molar-refractivity contribution is 6.21. The molecule has 2 nitrogen and oxygen atoms in total.